The number of methoxy groups -OCH3 is 1. The van der Waals surface area contributed by atoms with Crippen molar-refractivity contribution >= 4 is 11.9 Å². The number of carbonyl (C=O) groups is 1. The van der Waals surface area contributed by atoms with E-state index in [0.717, 1.165) is 0 Å². The topological polar surface area (TPSA) is 57.1 Å². The second kappa shape index (κ2) is 6.45. The summed E-state index contributed by atoms with van der Waals surface area (Å²) in [7, 11) is 2.71. The van der Waals surface area contributed by atoms with Crippen molar-refractivity contribution in [2.45, 2.75) is 13.3 Å². The van der Waals surface area contributed by atoms with Crippen LogP contribution in [0.15, 0.2) is 5.16 Å². The van der Waals surface area contributed by atoms with Crippen LogP contribution in [0.5, 0.6) is 0 Å². The second-order valence-electron chi connectivity index (χ2n) is 1.89. The van der Waals surface area contributed by atoms with Crippen molar-refractivity contribution in [1.82, 2.24) is 0 Å². The summed E-state index contributed by atoms with van der Waals surface area (Å²) in [5, 5.41) is 3.54. The summed E-state index contributed by atoms with van der Waals surface area (Å²) in [6.45, 7) is 1.71. The average Bonchev–Trinajstić information content (AvgIpc) is 2.11. The van der Waals surface area contributed by atoms with Gasteiger partial charge in [-0.1, -0.05) is 12.1 Å². The van der Waals surface area contributed by atoms with Crippen molar-refractivity contribution in [2.75, 3.05) is 20.8 Å². The predicted molar refractivity (Wildman–Crippen MR) is 42.7 cm³/mol. The average molecular weight is 175 g/mol. The van der Waals surface area contributed by atoms with Crippen LogP contribution in [-0.2, 0) is 19.1 Å². The van der Waals surface area contributed by atoms with Gasteiger partial charge in [0.05, 0.1) is 7.11 Å². The van der Waals surface area contributed by atoms with E-state index in [2.05, 4.69) is 14.7 Å². The third kappa shape index (κ3) is 4.54. The van der Waals surface area contributed by atoms with Crippen LogP contribution < -0.4 is 0 Å². The first-order valence-corrected chi connectivity index (χ1v) is 3.54. The Morgan fingerprint density at radius 3 is 2.50 bits per heavy atom. The lowest BCUT2D eigenvalue weighted by Gasteiger charge is -2.04. The molecule has 0 rings (SSSR count). The van der Waals surface area contributed by atoms with Crippen LogP contribution in [0, 0.1) is 0 Å². The van der Waals surface area contributed by atoms with Gasteiger partial charge in [-0.15, -0.1) is 0 Å². The maximum absolute atomic E-state index is 10.6. The van der Waals surface area contributed by atoms with E-state index in [0.29, 0.717) is 12.3 Å². The number of hydrogen-bond acceptors (Lipinski definition) is 5. The Morgan fingerprint density at radius 2 is 2.08 bits per heavy atom. The highest BCUT2D eigenvalue weighted by molar-refractivity contribution is 5.79. The number of rotatable bonds is 4. The molecule has 0 aromatic carbocycles. The van der Waals surface area contributed by atoms with Gasteiger partial charge >= 0.3 is 5.97 Å². The molecule has 0 amide bonds. The molecule has 0 N–H and O–H groups in total. The molecule has 0 unspecified atom stereocenters. The smallest absolute Gasteiger partial charge is 0.343 e. The largest absolute Gasteiger partial charge is 0.467 e. The van der Waals surface area contributed by atoms with Gasteiger partial charge in [-0.2, -0.15) is 0 Å². The van der Waals surface area contributed by atoms with Crippen LogP contribution in [0.3, 0.4) is 0 Å². The Balaban J connectivity index is 3.73. The lowest BCUT2D eigenvalue weighted by atomic mass is 10.5. The number of esters is 1. The minimum atomic E-state index is -0.438. The second-order valence-corrected chi connectivity index (χ2v) is 1.89. The fourth-order valence-corrected chi connectivity index (χ4v) is 0.496. The Hall–Kier alpha value is -1.26. The molecule has 0 aromatic heterocycles. The molecule has 0 fully saturated rings. The van der Waals surface area contributed by atoms with Crippen molar-refractivity contribution in [1.29, 1.82) is 0 Å². The molecular weight excluding hydrogens is 162 g/mol. The van der Waals surface area contributed by atoms with Gasteiger partial charge in [0, 0.05) is 6.42 Å². The summed E-state index contributed by atoms with van der Waals surface area (Å²) in [6, 6.07) is 0. The van der Waals surface area contributed by atoms with Crippen molar-refractivity contribution in [3.63, 3.8) is 0 Å². The highest BCUT2D eigenvalue weighted by Crippen LogP contribution is 1.90. The zero-order valence-electron chi connectivity index (χ0n) is 7.49. The first-order chi connectivity index (χ1) is 5.74. The Labute approximate surface area is 71.3 Å². The minimum absolute atomic E-state index is 0.132. The molecule has 0 radical (unpaired) electrons. The molecule has 0 spiro atoms. The Bertz CT molecular complexity index is 167. The number of carbonyl (C=O) groups excluding carboxylic acids is 1. The van der Waals surface area contributed by atoms with Gasteiger partial charge in [0.1, 0.15) is 7.11 Å². The molecule has 12 heavy (non-hydrogen) atoms. The Kier molecular flexibility index (Phi) is 5.77. The molecule has 0 bridgehead atoms. The summed E-state index contributed by atoms with van der Waals surface area (Å²) in [6.07, 6.45) is 0.574. The molecule has 0 aliphatic heterocycles. The zero-order chi connectivity index (χ0) is 9.40. The molecule has 0 aromatic rings. The summed E-state index contributed by atoms with van der Waals surface area (Å²) < 4.78 is 9.30. The van der Waals surface area contributed by atoms with E-state index < -0.39 is 5.97 Å². The SMILES string of the molecule is CCC(=NOC)OCC(=O)OC. The van der Waals surface area contributed by atoms with Crippen molar-refractivity contribution in [3.05, 3.63) is 0 Å². The number of ether oxygens (including phenoxy) is 2. The van der Waals surface area contributed by atoms with E-state index in [1.807, 2.05) is 6.92 Å². The highest BCUT2D eigenvalue weighted by Gasteiger charge is 2.03. The molecular formula is C7H13NO4. The van der Waals surface area contributed by atoms with E-state index in [-0.39, 0.29) is 6.61 Å². The summed E-state index contributed by atoms with van der Waals surface area (Å²) in [5.74, 6) is -0.0600. The van der Waals surface area contributed by atoms with E-state index in [1.54, 1.807) is 0 Å². The van der Waals surface area contributed by atoms with E-state index in [9.17, 15) is 4.79 Å². The van der Waals surface area contributed by atoms with E-state index in [4.69, 9.17) is 4.74 Å². The molecule has 5 heteroatoms. The lowest BCUT2D eigenvalue weighted by molar-refractivity contribution is -0.143. The minimum Gasteiger partial charge on any atom is -0.467 e. The van der Waals surface area contributed by atoms with Crippen LogP contribution in [0.25, 0.3) is 0 Å². The van der Waals surface area contributed by atoms with Gasteiger partial charge in [-0.05, 0) is 0 Å². The van der Waals surface area contributed by atoms with Gasteiger partial charge in [0.2, 0.25) is 5.90 Å². The van der Waals surface area contributed by atoms with Crippen LogP contribution in [-0.4, -0.2) is 32.7 Å². The first-order valence-electron chi connectivity index (χ1n) is 3.54. The maximum Gasteiger partial charge on any atom is 0.343 e. The van der Waals surface area contributed by atoms with Crippen molar-refractivity contribution in [3.8, 4) is 0 Å². The van der Waals surface area contributed by atoms with Crippen molar-refractivity contribution < 1.29 is 19.1 Å². The van der Waals surface area contributed by atoms with Gasteiger partial charge in [-0.3, -0.25) is 0 Å². The quantitative estimate of drug-likeness (QED) is 0.271. The standard InChI is InChI=1S/C7H13NO4/c1-4-6(8-11-3)12-5-7(9)10-2/h4-5H2,1-3H3. The van der Waals surface area contributed by atoms with E-state index in [1.165, 1.54) is 14.2 Å². The third-order valence-electron chi connectivity index (χ3n) is 1.08. The first kappa shape index (κ1) is 10.7. The van der Waals surface area contributed by atoms with Gasteiger partial charge < -0.3 is 14.3 Å². The summed E-state index contributed by atoms with van der Waals surface area (Å²) in [4.78, 5) is 15.1. The van der Waals surface area contributed by atoms with Gasteiger partial charge in [0.25, 0.3) is 0 Å². The third-order valence-corrected chi connectivity index (χ3v) is 1.08. The fraction of sp³-hybridized carbons (Fsp3) is 0.714. The fourth-order valence-electron chi connectivity index (χ4n) is 0.496. The molecule has 0 aliphatic rings. The predicted octanol–water partition coefficient (Wildman–Crippen LogP) is 0.546. The monoisotopic (exact) mass is 175 g/mol. The van der Waals surface area contributed by atoms with Crippen LogP contribution >= 0.6 is 0 Å². The van der Waals surface area contributed by atoms with Crippen molar-refractivity contribution in [2.24, 2.45) is 5.16 Å². The zero-order valence-corrected chi connectivity index (χ0v) is 7.49. The lowest BCUT2D eigenvalue weighted by Crippen LogP contribution is -2.14. The summed E-state index contributed by atoms with van der Waals surface area (Å²) in [5.41, 5.74) is 0. The molecule has 0 atom stereocenters. The van der Waals surface area contributed by atoms with Crippen LogP contribution in [0.1, 0.15) is 13.3 Å². The number of oxime groups is 1. The Morgan fingerprint density at radius 1 is 1.42 bits per heavy atom. The molecule has 5 nitrogen and oxygen atoms in total. The maximum atomic E-state index is 10.6. The molecule has 70 valence electrons. The number of hydrogen-bond donors (Lipinski definition) is 0. The summed E-state index contributed by atoms with van der Waals surface area (Å²) >= 11 is 0. The molecule has 0 saturated heterocycles. The van der Waals surface area contributed by atoms with Gasteiger partial charge in [-0.25, -0.2) is 4.79 Å². The molecule has 0 saturated carbocycles. The van der Waals surface area contributed by atoms with Crippen LogP contribution in [0.2, 0.25) is 0 Å². The normalized spacial score (nSPS) is 10.8. The number of nitrogens with zero attached hydrogens (tertiary/aromatic N) is 1. The molecule has 0 heterocycles. The highest BCUT2D eigenvalue weighted by atomic mass is 16.6. The molecule has 0 aliphatic carbocycles. The van der Waals surface area contributed by atoms with Crippen LogP contribution in [0.4, 0.5) is 0 Å². The van der Waals surface area contributed by atoms with E-state index >= 15 is 0 Å². The van der Waals surface area contributed by atoms with Gasteiger partial charge in [0.15, 0.2) is 6.61 Å².